The van der Waals surface area contributed by atoms with E-state index in [0.29, 0.717) is 5.56 Å². The summed E-state index contributed by atoms with van der Waals surface area (Å²) in [6, 6.07) is 4.86. The molecule has 35 heavy (non-hydrogen) atoms. The van der Waals surface area contributed by atoms with Gasteiger partial charge < -0.3 is 16.0 Å². The summed E-state index contributed by atoms with van der Waals surface area (Å²) in [6.45, 7) is 0.0651. The molecule has 6 nitrogen and oxygen atoms in total. The van der Waals surface area contributed by atoms with E-state index in [9.17, 15) is 31.5 Å². The lowest BCUT2D eigenvalue weighted by Gasteiger charge is -2.30. The van der Waals surface area contributed by atoms with Crippen molar-refractivity contribution >= 4 is 11.8 Å². The lowest BCUT2D eigenvalue weighted by molar-refractivity contribution is -0.195. The van der Waals surface area contributed by atoms with E-state index >= 15 is 0 Å². The number of aromatic nitrogens is 1. The van der Waals surface area contributed by atoms with E-state index in [4.69, 9.17) is 5.73 Å². The van der Waals surface area contributed by atoms with E-state index in [0.717, 1.165) is 6.20 Å². The van der Waals surface area contributed by atoms with Crippen molar-refractivity contribution in [2.24, 2.45) is 11.1 Å². The molecule has 0 aliphatic heterocycles. The average molecular weight is 498 g/mol. The third kappa shape index (κ3) is 5.95. The molecule has 1 aliphatic rings. The highest BCUT2D eigenvalue weighted by Crippen LogP contribution is 2.66. The Kier molecular flexibility index (Phi) is 7.78. The van der Waals surface area contributed by atoms with Gasteiger partial charge in [-0.25, -0.2) is 8.78 Å². The summed E-state index contributed by atoms with van der Waals surface area (Å²) < 4.78 is 70.0. The minimum Gasteiger partial charge on any atom is -0.366 e. The van der Waals surface area contributed by atoms with Gasteiger partial charge in [0, 0.05) is 31.1 Å². The lowest BCUT2D eigenvalue weighted by Crippen LogP contribution is -2.43. The Morgan fingerprint density at radius 1 is 1.17 bits per heavy atom. The molecular formula is C24H27F5N4O2. The largest absolute Gasteiger partial charge is 0.395 e. The number of likely N-dealkylation sites (N-methyl/N-ethyl adjacent to an activating group) is 1. The molecule has 0 spiro atoms. The summed E-state index contributed by atoms with van der Waals surface area (Å²) in [4.78, 5) is 29.3. The van der Waals surface area contributed by atoms with Crippen molar-refractivity contribution in [3.63, 3.8) is 0 Å². The summed E-state index contributed by atoms with van der Waals surface area (Å²) in [5.74, 6) is -4.56. The van der Waals surface area contributed by atoms with Gasteiger partial charge in [-0.15, -0.1) is 0 Å². The van der Waals surface area contributed by atoms with E-state index in [1.54, 1.807) is 25.1 Å². The first-order chi connectivity index (χ1) is 16.4. The molecule has 0 radical (unpaired) electrons. The van der Waals surface area contributed by atoms with E-state index in [1.807, 2.05) is 0 Å². The number of carbonyl (C=O) groups excluding carboxylic acids is 2. The Morgan fingerprint density at radius 3 is 2.37 bits per heavy atom. The third-order valence-electron chi connectivity index (χ3n) is 6.62. The molecule has 2 atom stereocenters. The van der Waals surface area contributed by atoms with Crippen molar-refractivity contribution in [1.29, 1.82) is 0 Å². The molecule has 190 valence electrons. The fraction of sp³-hybridized carbons (Fsp3) is 0.458. The van der Waals surface area contributed by atoms with Crippen LogP contribution in [-0.2, 0) is 11.2 Å². The molecule has 3 N–H and O–H groups in total. The van der Waals surface area contributed by atoms with Gasteiger partial charge in [-0.2, -0.15) is 13.2 Å². The molecule has 0 bridgehead atoms. The SMILES string of the molecule is CN(C)[C@H](CNC(=O)C[C@@H](c1ccncc1F)C1(C(F)(F)F)CC1)Cc1ccc(C(N)=O)c(F)c1. The summed E-state index contributed by atoms with van der Waals surface area (Å²) in [5.41, 5.74) is 3.10. The first-order valence-electron chi connectivity index (χ1n) is 11.0. The Hall–Kier alpha value is -3.08. The number of hydrogen-bond donors (Lipinski definition) is 2. The molecule has 1 saturated carbocycles. The van der Waals surface area contributed by atoms with E-state index in [-0.39, 0.29) is 43.0 Å². The predicted molar refractivity (Wildman–Crippen MR) is 118 cm³/mol. The van der Waals surface area contributed by atoms with Crippen LogP contribution < -0.4 is 11.1 Å². The second-order valence-electron chi connectivity index (χ2n) is 9.11. The van der Waals surface area contributed by atoms with Crippen molar-refractivity contribution in [2.45, 2.75) is 43.8 Å². The van der Waals surface area contributed by atoms with Crippen molar-refractivity contribution < 1.29 is 31.5 Å². The molecule has 0 unspecified atom stereocenters. The highest BCUT2D eigenvalue weighted by Gasteiger charge is 2.67. The molecule has 2 aromatic rings. The number of nitrogens with one attached hydrogen (secondary N) is 1. The molecule has 1 aromatic heterocycles. The number of benzene rings is 1. The van der Waals surface area contributed by atoms with Gasteiger partial charge in [0.2, 0.25) is 5.91 Å². The molecule has 0 saturated heterocycles. The van der Waals surface area contributed by atoms with Crippen molar-refractivity contribution in [3.05, 3.63) is 65.0 Å². The molecule has 11 heteroatoms. The highest BCUT2D eigenvalue weighted by atomic mass is 19.4. The van der Waals surface area contributed by atoms with Gasteiger partial charge in [0.1, 0.15) is 11.6 Å². The zero-order chi connectivity index (χ0) is 26.0. The number of pyridine rings is 1. The zero-order valence-electron chi connectivity index (χ0n) is 19.3. The molecule has 1 aromatic carbocycles. The maximum Gasteiger partial charge on any atom is 0.395 e. The number of carbonyl (C=O) groups is 2. The predicted octanol–water partition coefficient (Wildman–Crippen LogP) is 3.56. The highest BCUT2D eigenvalue weighted by molar-refractivity contribution is 5.93. The number of amides is 2. The number of rotatable bonds is 10. The molecular weight excluding hydrogens is 471 g/mol. The first kappa shape index (κ1) is 26.5. The number of primary amides is 1. The Morgan fingerprint density at radius 2 is 1.86 bits per heavy atom. The number of alkyl halides is 3. The second kappa shape index (κ2) is 10.3. The number of halogens is 5. The summed E-state index contributed by atoms with van der Waals surface area (Å²) in [6.07, 6.45) is -3.13. The van der Waals surface area contributed by atoms with Gasteiger partial charge in [-0.1, -0.05) is 6.07 Å². The first-order valence-corrected chi connectivity index (χ1v) is 11.0. The zero-order valence-corrected chi connectivity index (χ0v) is 19.3. The molecule has 1 heterocycles. The minimum absolute atomic E-state index is 0.0651. The van der Waals surface area contributed by atoms with Gasteiger partial charge in [0.05, 0.1) is 17.2 Å². The maximum atomic E-state index is 14.4. The number of nitrogens with zero attached hydrogens (tertiary/aromatic N) is 2. The van der Waals surface area contributed by atoms with Gasteiger partial charge >= 0.3 is 6.18 Å². The Labute approximate surface area is 199 Å². The van der Waals surface area contributed by atoms with Crippen LogP contribution in [0.2, 0.25) is 0 Å². The van der Waals surface area contributed by atoms with Crippen molar-refractivity contribution in [3.8, 4) is 0 Å². The monoisotopic (exact) mass is 498 g/mol. The third-order valence-corrected chi connectivity index (χ3v) is 6.62. The number of hydrogen-bond acceptors (Lipinski definition) is 4. The molecule has 3 rings (SSSR count). The lowest BCUT2D eigenvalue weighted by atomic mass is 9.80. The smallest absolute Gasteiger partial charge is 0.366 e. The van der Waals surface area contributed by atoms with Gasteiger partial charge in [-0.3, -0.25) is 14.6 Å². The van der Waals surface area contributed by atoms with E-state index in [1.165, 1.54) is 24.4 Å². The fourth-order valence-electron chi connectivity index (χ4n) is 4.32. The Balaban J connectivity index is 1.72. The van der Waals surface area contributed by atoms with Crippen molar-refractivity contribution in [1.82, 2.24) is 15.2 Å². The summed E-state index contributed by atoms with van der Waals surface area (Å²) >= 11 is 0. The molecule has 2 amide bonds. The summed E-state index contributed by atoms with van der Waals surface area (Å²) in [7, 11) is 3.48. The van der Waals surface area contributed by atoms with Crippen LogP contribution >= 0.6 is 0 Å². The molecule has 1 aliphatic carbocycles. The van der Waals surface area contributed by atoms with Crippen LogP contribution in [0.4, 0.5) is 22.0 Å². The van der Waals surface area contributed by atoms with Crippen LogP contribution in [0.15, 0.2) is 36.7 Å². The van der Waals surface area contributed by atoms with Crippen LogP contribution in [-0.4, -0.2) is 54.6 Å². The van der Waals surface area contributed by atoms with Crippen LogP contribution in [0.1, 0.15) is 46.7 Å². The normalized spacial score (nSPS) is 16.6. The fourth-order valence-corrected chi connectivity index (χ4v) is 4.32. The van der Waals surface area contributed by atoms with E-state index in [2.05, 4.69) is 10.3 Å². The van der Waals surface area contributed by atoms with Crippen LogP contribution in [0, 0.1) is 17.0 Å². The van der Waals surface area contributed by atoms with Gasteiger partial charge in [-0.05, 0) is 62.7 Å². The van der Waals surface area contributed by atoms with Crippen molar-refractivity contribution in [2.75, 3.05) is 20.6 Å². The number of nitrogens with two attached hydrogens (primary N) is 1. The topological polar surface area (TPSA) is 88.3 Å². The molecule has 1 fully saturated rings. The average Bonchev–Trinajstić information content (AvgIpc) is 3.57. The van der Waals surface area contributed by atoms with Gasteiger partial charge in [0.25, 0.3) is 5.91 Å². The second-order valence-corrected chi connectivity index (χ2v) is 9.11. The van der Waals surface area contributed by atoms with Gasteiger partial charge in [0.15, 0.2) is 0 Å². The van der Waals surface area contributed by atoms with Crippen LogP contribution in [0.3, 0.4) is 0 Å². The summed E-state index contributed by atoms with van der Waals surface area (Å²) in [5, 5.41) is 2.65. The van der Waals surface area contributed by atoms with Crippen LogP contribution in [0.5, 0.6) is 0 Å². The maximum absolute atomic E-state index is 14.4. The van der Waals surface area contributed by atoms with Crippen LogP contribution in [0.25, 0.3) is 0 Å². The Bertz CT molecular complexity index is 1090. The quantitative estimate of drug-likeness (QED) is 0.491. The van der Waals surface area contributed by atoms with E-state index < -0.39 is 47.4 Å². The minimum atomic E-state index is -4.58. The standard InChI is InChI=1S/C24H27F5N4O2/c1-33(2)15(9-14-3-4-17(22(30)35)19(25)10-14)12-32-21(34)11-18(16-5-8-31-13-20(16)26)23(6-7-23)24(27,28)29/h3-5,8,10,13,15,18H,6-7,9,11-12H2,1-2H3,(H2,30,35)(H,32,34)/t15-,18-/m0/s1.